The van der Waals surface area contributed by atoms with Crippen molar-refractivity contribution in [2.45, 2.75) is 54.3 Å². The van der Waals surface area contributed by atoms with Crippen LogP contribution in [-0.4, -0.2) is 55.1 Å². The number of carboxylic acid groups (broad SMARTS) is 1. The van der Waals surface area contributed by atoms with Gasteiger partial charge in [-0.05, 0) is 35.4 Å². The average molecular weight is 568 g/mol. The maximum absolute atomic E-state index is 12.9. The third kappa shape index (κ3) is 6.92. The van der Waals surface area contributed by atoms with Crippen molar-refractivity contribution in [1.29, 1.82) is 0 Å². The van der Waals surface area contributed by atoms with Crippen LogP contribution >= 0.6 is 11.8 Å². The third-order valence-corrected chi connectivity index (χ3v) is 10.1. The molecule has 2 unspecified atom stereocenters. The first kappa shape index (κ1) is 29.3. The predicted molar refractivity (Wildman–Crippen MR) is 158 cm³/mol. The molecule has 208 valence electrons. The van der Waals surface area contributed by atoms with Crippen molar-refractivity contribution >= 4 is 27.6 Å². The number of carbonyl (C=O) groups is 1. The molecule has 1 saturated heterocycles. The second kappa shape index (κ2) is 12.7. The first-order chi connectivity index (χ1) is 18.6. The molecular weight excluding hydrogens is 530 g/mol. The second-order valence-electron chi connectivity index (χ2n) is 10.6. The number of rotatable bonds is 12. The van der Waals surface area contributed by atoms with Crippen LogP contribution in [0.15, 0.2) is 91.0 Å². The summed E-state index contributed by atoms with van der Waals surface area (Å²) in [5.74, 6) is -1.09. The van der Waals surface area contributed by atoms with Gasteiger partial charge in [-0.15, -0.1) is 11.8 Å². The van der Waals surface area contributed by atoms with Crippen LogP contribution in [0.5, 0.6) is 0 Å². The monoisotopic (exact) mass is 567 g/mol. The van der Waals surface area contributed by atoms with E-state index in [-0.39, 0.29) is 17.6 Å². The van der Waals surface area contributed by atoms with E-state index in [0.717, 1.165) is 22.9 Å². The molecule has 0 radical (unpaired) electrons. The Bertz CT molecular complexity index is 1220. The lowest BCUT2D eigenvalue weighted by atomic mass is 9.84. The lowest BCUT2D eigenvalue weighted by Gasteiger charge is -2.37. The molecule has 4 atom stereocenters. The Kier molecular flexibility index (Phi) is 9.54. The molecule has 3 aromatic rings. The highest BCUT2D eigenvalue weighted by molar-refractivity contribution is 8.01. The van der Waals surface area contributed by atoms with Gasteiger partial charge in [0.25, 0.3) is 0 Å². The first-order valence-corrected chi connectivity index (χ1v) is 16.1. The van der Waals surface area contributed by atoms with Gasteiger partial charge in [0.15, 0.2) is 21.4 Å². The molecule has 0 saturated carbocycles. The number of thioether (sulfide) groups is 1. The van der Waals surface area contributed by atoms with Crippen molar-refractivity contribution in [3.63, 3.8) is 0 Å². The van der Waals surface area contributed by atoms with E-state index in [0.29, 0.717) is 13.0 Å². The number of hydrogen-bond donors (Lipinski definition) is 2. The van der Waals surface area contributed by atoms with E-state index >= 15 is 0 Å². The zero-order chi connectivity index (χ0) is 28.0. The zero-order valence-electron chi connectivity index (χ0n) is 22.6. The highest BCUT2D eigenvalue weighted by atomic mass is 32.2. The number of hydrogen-bond acceptors (Lipinski definition) is 6. The number of ether oxygens (including phenoxy) is 1. The van der Waals surface area contributed by atoms with Crippen LogP contribution in [-0.2, 0) is 24.1 Å². The molecular formula is C31H37NO5S2. The van der Waals surface area contributed by atoms with Crippen LogP contribution in [0.3, 0.4) is 0 Å². The van der Waals surface area contributed by atoms with E-state index in [2.05, 4.69) is 41.7 Å². The van der Waals surface area contributed by atoms with Crippen LogP contribution in [0.2, 0.25) is 0 Å². The minimum atomic E-state index is -3.69. The van der Waals surface area contributed by atoms with E-state index in [1.165, 1.54) is 0 Å². The SMILES string of the molecule is CC(C)CC(OC([C@@H]1C[C@@H](SC(c2ccccc2)(c2ccccc2)c2ccccc2)CN1)S(C)(=O)=O)C(=O)O. The summed E-state index contributed by atoms with van der Waals surface area (Å²) in [6, 6.07) is 30.6. The fraction of sp³-hybridized carbons (Fsp3) is 0.387. The summed E-state index contributed by atoms with van der Waals surface area (Å²) in [6.07, 6.45) is 0.696. The summed E-state index contributed by atoms with van der Waals surface area (Å²) in [5.41, 5.74) is 2.15. The Morgan fingerprint density at radius 2 is 1.41 bits per heavy atom. The van der Waals surface area contributed by atoms with Crippen molar-refractivity contribution in [2.75, 3.05) is 12.8 Å². The van der Waals surface area contributed by atoms with Crippen molar-refractivity contribution < 1.29 is 23.1 Å². The summed E-state index contributed by atoms with van der Waals surface area (Å²) >= 11 is 1.80. The summed E-state index contributed by atoms with van der Waals surface area (Å²) in [6.45, 7) is 4.36. The Balaban J connectivity index is 1.69. The maximum atomic E-state index is 12.9. The highest BCUT2D eigenvalue weighted by Crippen LogP contribution is 2.51. The fourth-order valence-electron chi connectivity index (χ4n) is 5.30. The molecule has 0 bridgehead atoms. The Morgan fingerprint density at radius 3 is 1.79 bits per heavy atom. The molecule has 3 aromatic carbocycles. The Labute approximate surface area is 236 Å². The van der Waals surface area contributed by atoms with Crippen LogP contribution in [0.1, 0.15) is 43.4 Å². The van der Waals surface area contributed by atoms with Gasteiger partial charge >= 0.3 is 5.97 Å². The van der Waals surface area contributed by atoms with E-state index < -0.39 is 38.1 Å². The first-order valence-electron chi connectivity index (χ1n) is 13.3. The molecule has 39 heavy (non-hydrogen) atoms. The van der Waals surface area contributed by atoms with E-state index in [1.807, 2.05) is 68.4 Å². The molecule has 0 spiro atoms. The summed E-state index contributed by atoms with van der Waals surface area (Å²) < 4.78 is 31.0. The predicted octanol–water partition coefficient (Wildman–Crippen LogP) is 5.33. The number of benzene rings is 3. The van der Waals surface area contributed by atoms with Crippen LogP contribution in [0.4, 0.5) is 0 Å². The van der Waals surface area contributed by atoms with E-state index in [9.17, 15) is 18.3 Å². The molecule has 1 aliphatic rings. The summed E-state index contributed by atoms with van der Waals surface area (Å²) in [7, 11) is -3.69. The zero-order valence-corrected chi connectivity index (χ0v) is 24.2. The second-order valence-corrected chi connectivity index (χ2v) is 14.2. The van der Waals surface area contributed by atoms with Crippen molar-refractivity contribution in [2.24, 2.45) is 5.92 Å². The molecule has 1 aliphatic heterocycles. The molecule has 1 fully saturated rings. The van der Waals surface area contributed by atoms with Gasteiger partial charge in [0.05, 0.1) is 4.75 Å². The van der Waals surface area contributed by atoms with Gasteiger partial charge in [-0.2, -0.15) is 0 Å². The average Bonchev–Trinajstić information content (AvgIpc) is 3.38. The fourth-order valence-corrected chi connectivity index (χ4v) is 8.24. The highest BCUT2D eigenvalue weighted by Gasteiger charge is 2.45. The van der Waals surface area contributed by atoms with Gasteiger partial charge in [-0.3, -0.25) is 0 Å². The normalized spacial score (nSPS) is 19.6. The number of carboxylic acids is 1. The summed E-state index contributed by atoms with van der Waals surface area (Å²) in [5, 5.41) is 13.1. The van der Waals surface area contributed by atoms with E-state index in [1.54, 1.807) is 11.8 Å². The number of sulfone groups is 1. The minimum absolute atomic E-state index is 0.0387. The Morgan fingerprint density at radius 1 is 0.949 bits per heavy atom. The lowest BCUT2D eigenvalue weighted by molar-refractivity contribution is -0.153. The van der Waals surface area contributed by atoms with Gasteiger partial charge in [0, 0.05) is 24.1 Å². The molecule has 1 heterocycles. The van der Waals surface area contributed by atoms with Gasteiger partial charge in [-0.1, -0.05) is 105 Å². The standard InChI is InChI=1S/C31H37NO5S2/c1-22(2)19-28(29(33)34)37-30(39(3,35)36)27-20-26(21-32-27)38-31(23-13-7-4-8-14-23,24-15-9-5-10-16-24)25-17-11-6-12-18-25/h4-18,22,26-28,30,32H,19-21H2,1-3H3,(H,33,34)/t26-,27+,28?,30?/m1/s1. The van der Waals surface area contributed by atoms with Crippen molar-refractivity contribution in [3.8, 4) is 0 Å². The molecule has 4 rings (SSSR count). The van der Waals surface area contributed by atoms with Crippen LogP contribution in [0.25, 0.3) is 0 Å². The maximum Gasteiger partial charge on any atom is 0.332 e. The number of nitrogens with one attached hydrogen (secondary N) is 1. The van der Waals surface area contributed by atoms with Gasteiger partial charge in [0.1, 0.15) is 0 Å². The Hall–Kier alpha value is -2.65. The number of aliphatic carboxylic acids is 1. The van der Waals surface area contributed by atoms with Crippen LogP contribution in [0, 0.1) is 5.92 Å². The molecule has 0 amide bonds. The van der Waals surface area contributed by atoms with Crippen molar-refractivity contribution in [3.05, 3.63) is 108 Å². The molecule has 0 aromatic heterocycles. The largest absolute Gasteiger partial charge is 0.479 e. The molecule has 8 heteroatoms. The summed E-state index contributed by atoms with van der Waals surface area (Å²) in [4.78, 5) is 11.9. The molecule has 0 aliphatic carbocycles. The van der Waals surface area contributed by atoms with Gasteiger partial charge < -0.3 is 15.2 Å². The smallest absolute Gasteiger partial charge is 0.332 e. The lowest BCUT2D eigenvalue weighted by Crippen LogP contribution is -2.45. The van der Waals surface area contributed by atoms with Gasteiger partial charge in [0.2, 0.25) is 0 Å². The molecule has 6 nitrogen and oxygen atoms in total. The topological polar surface area (TPSA) is 92.7 Å². The van der Waals surface area contributed by atoms with Crippen molar-refractivity contribution in [1.82, 2.24) is 5.32 Å². The molecule has 2 N–H and O–H groups in total. The quantitative estimate of drug-likeness (QED) is 0.286. The van der Waals surface area contributed by atoms with E-state index in [4.69, 9.17) is 4.74 Å². The minimum Gasteiger partial charge on any atom is -0.479 e. The third-order valence-electron chi connectivity index (χ3n) is 7.02. The van der Waals surface area contributed by atoms with Crippen LogP contribution < -0.4 is 5.32 Å². The van der Waals surface area contributed by atoms with Gasteiger partial charge in [-0.25, -0.2) is 13.2 Å².